The highest BCUT2D eigenvalue weighted by atomic mass is 35.5. The number of likely N-dealkylation sites (N-methyl/N-ethyl adjacent to an activating group) is 1. The Balaban J connectivity index is 1.86. The van der Waals surface area contributed by atoms with Gasteiger partial charge < -0.3 is 24.8 Å². The fourth-order valence-electron chi connectivity index (χ4n) is 3.59. The number of aromatic nitrogens is 2. The van der Waals surface area contributed by atoms with Gasteiger partial charge in [0.1, 0.15) is 23.7 Å². The minimum absolute atomic E-state index is 0.253. The smallest absolute Gasteiger partial charge is 0.252 e. The molecule has 0 radical (unpaired) electrons. The van der Waals surface area contributed by atoms with Crippen molar-refractivity contribution in [2.24, 2.45) is 0 Å². The average molecular weight is 528 g/mol. The minimum Gasteiger partial charge on any atom is -0.496 e. The van der Waals surface area contributed by atoms with Crippen molar-refractivity contribution >= 4 is 47.1 Å². The summed E-state index contributed by atoms with van der Waals surface area (Å²) in [4.78, 5) is 23.3. The van der Waals surface area contributed by atoms with E-state index in [1.54, 1.807) is 32.6 Å². The summed E-state index contributed by atoms with van der Waals surface area (Å²) in [6.45, 7) is 7.74. The summed E-state index contributed by atoms with van der Waals surface area (Å²) in [5, 5.41) is 7.13. The van der Waals surface area contributed by atoms with Gasteiger partial charge in [-0.2, -0.15) is 0 Å². The normalized spacial score (nSPS) is 11.3. The largest absolute Gasteiger partial charge is 0.496 e. The molecule has 0 fully saturated rings. The number of hydrogen-bond acceptors (Lipinski definition) is 7. The molecule has 0 aliphatic rings. The molecule has 8 nitrogen and oxygen atoms in total. The van der Waals surface area contributed by atoms with Gasteiger partial charge in [-0.15, -0.1) is 0 Å². The standard InChI is InChI=1S/C26H31ClN5O3P/c1-17(16-32(2)3)26(33)29-19-11-12-22(35-4)18(13-19)14-24-28-15-20(27)25(31-24)30-21-9-7-8-10-23(21)36(5,6)34/h7-13,15H,1,14,16H2,2-6H3,(H,29,33)(H,28,30,31). The number of nitrogens with zero attached hydrogens (tertiary/aromatic N) is 3. The number of carbonyl (C=O) groups is 1. The number of benzene rings is 2. The molecule has 0 saturated carbocycles. The van der Waals surface area contributed by atoms with Crippen LogP contribution in [0.15, 0.2) is 60.8 Å². The van der Waals surface area contributed by atoms with E-state index in [-0.39, 0.29) is 5.91 Å². The van der Waals surface area contributed by atoms with Gasteiger partial charge in [-0.05, 0) is 57.8 Å². The van der Waals surface area contributed by atoms with Crippen molar-refractivity contribution in [3.8, 4) is 5.75 Å². The Bertz CT molecular complexity index is 1320. The minimum atomic E-state index is -2.53. The van der Waals surface area contributed by atoms with E-state index < -0.39 is 7.14 Å². The Kier molecular flexibility index (Phi) is 8.90. The summed E-state index contributed by atoms with van der Waals surface area (Å²) in [5.74, 6) is 1.29. The van der Waals surface area contributed by atoms with Crippen LogP contribution in [0.2, 0.25) is 5.02 Å². The maximum Gasteiger partial charge on any atom is 0.252 e. The number of rotatable bonds is 10. The van der Waals surface area contributed by atoms with Gasteiger partial charge in [0.05, 0.1) is 19.0 Å². The van der Waals surface area contributed by atoms with E-state index in [1.807, 2.05) is 49.3 Å². The number of anilines is 3. The van der Waals surface area contributed by atoms with E-state index in [0.717, 1.165) is 5.56 Å². The number of halogens is 1. The molecule has 0 aliphatic carbocycles. The fourth-order valence-corrected chi connectivity index (χ4v) is 4.88. The first-order chi connectivity index (χ1) is 17.0. The molecule has 1 aromatic heterocycles. The average Bonchev–Trinajstić information content (AvgIpc) is 2.80. The molecule has 0 bridgehead atoms. The Morgan fingerprint density at radius 3 is 2.58 bits per heavy atom. The topological polar surface area (TPSA) is 96.5 Å². The van der Waals surface area contributed by atoms with Gasteiger partial charge in [-0.25, -0.2) is 9.97 Å². The number of nitrogens with one attached hydrogen (secondary N) is 2. The van der Waals surface area contributed by atoms with Crippen molar-refractivity contribution in [1.82, 2.24) is 14.9 Å². The van der Waals surface area contributed by atoms with Crippen LogP contribution in [0.1, 0.15) is 11.4 Å². The summed E-state index contributed by atoms with van der Waals surface area (Å²) >= 11 is 6.38. The molecule has 0 unspecified atom stereocenters. The van der Waals surface area contributed by atoms with Crippen LogP contribution < -0.4 is 20.7 Å². The molecule has 3 rings (SSSR count). The van der Waals surface area contributed by atoms with E-state index in [4.69, 9.17) is 16.3 Å². The second-order valence-electron chi connectivity index (χ2n) is 8.97. The van der Waals surface area contributed by atoms with Crippen molar-refractivity contribution in [2.45, 2.75) is 6.42 Å². The lowest BCUT2D eigenvalue weighted by Crippen LogP contribution is -2.23. The van der Waals surface area contributed by atoms with E-state index in [0.29, 0.717) is 57.6 Å². The lowest BCUT2D eigenvalue weighted by molar-refractivity contribution is -0.113. The summed E-state index contributed by atoms with van der Waals surface area (Å²) in [6.07, 6.45) is 1.86. The predicted octanol–water partition coefficient (Wildman–Crippen LogP) is 4.78. The second-order valence-corrected chi connectivity index (χ2v) is 12.6. The summed E-state index contributed by atoms with van der Waals surface area (Å²) in [7, 11) is 2.81. The number of amides is 1. The molecular formula is C26H31ClN5O3P. The zero-order valence-electron chi connectivity index (χ0n) is 21.1. The van der Waals surface area contributed by atoms with Crippen molar-refractivity contribution < 1.29 is 14.1 Å². The van der Waals surface area contributed by atoms with E-state index in [2.05, 4.69) is 27.2 Å². The van der Waals surface area contributed by atoms with Crippen LogP contribution >= 0.6 is 18.7 Å². The molecule has 0 aliphatic heterocycles. The molecular weight excluding hydrogens is 497 g/mol. The number of ether oxygens (including phenoxy) is 1. The van der Waals surface area contributed by atoms with Gasteiger partial charge >= 0.3 is 0 Å². The van der Waals surface area contributed by atoms with Gasteiger partial charge in [0.15, 0.2) is 5.82 Å². The molecule has 10 heteroatoms. The Morgan fingerprint density at radius 2 is 1.92 bits per heavy atom. The van der Waals surface area contributed by atoms with Crippen LogP contribution in [0.4, 0.5) is 17.2 Å². The molecule has 3 aromatic rings. The van der Waals surface area contributed by atoms with Gasteiger partial charge in [-0.3, -0.25) is 4.79 Å². The third-order valence-corrected chi connectivity index (χ3v) is 7.07. The van der Waals surface area contributed by atoms with Gasteiger partial charge in [-0.1, -0.05) is 30.3 Å². The van der Waals surface area contributed by atoms with Crippen LogP contribution in [-0.4, -0.2) is 61.9 Å². The zero-order valence-corrected chi connectivity index (χ0v) is 22.8. The van der Waals surface area contributed by atoms with Crippen LogP contribution in [0, 0.1) is 0 Å². The molecule has 0 spiro atoms. The molecule has 1 amide bonds. The molecule has 190 valence electrons. The Morgan fingerprint density at radius 1 is 1.19 bits per heavy atom. The molecule has 1 heterocycles. The van der Waals surface area contributed by atoms with Crippen LogP contribution in [0.5, 0.6) is 5.75 Å². The third kappa shape index (κ3) is 7.17. The summed E-state index contributed by atoms with van der Waals surface area (Å²) < 4.78 is 18.3. The highest BCUT2D eigenvalue weighted by Crippen LogP contribution is 2.38. The van der Waals surface area contributed by atoms with Crippen molar-refractivity contribution in [1.29, 1.82) is 0 Å². The molecule has 36 heavy (non-hydrogen) atoms. The van der Waals surface area contributed by atoms with Crippen molar-refractivity contribution in [2.75, 3.05) is 51.7 Å². The highest BCUT2D eigenvalue weighted by Gasteiger charge is 2.18. The third-order valence-electron chi connectivity index (χ3n) is 5.25. The molecule has 2 N–H and O–H groups in total. The maximum atomic E-state index is 12.7. The predicted molar refractivity (Wildman–Crippen MR) is 148 cm³/mol. The Labute approximate surface area is 217 Å². The molecule has 0 saturated heterocycles. The van der Waals surface area contributed by atoms with Crippen LogP contribution in [0.25, 0.3) is 0 Å². The van der Waals surface area contributed by atoms with E-state index in [1.165, 1.54) is 6.20 Å². The maximum absolute atomic E-state index is 12.7. The van der Waals surface area contributed by atoms with E-state index in [9.17, 15) is 9.36 Å². The number of para-hydroxylation sites is 1. The zero-order chi connectivity index (χ0) is 26.5. The van der Waals surface area contributed by atoms with Crippen LogP contribution in [-0.2, 0) is 15.8 Å². The lowest BCUT2D eigenvalue weighted by Gasteiger charge is -2.16. The fraction of sp³-hybridized carbons (Fsp3) is 0.269. The van der Waals surface area contributed by atoms with Gasteiger partial charge in [0.25, 0.3) is 5.91 Å². The number of methoxy groups -OCH3 is 1. The monoisotopic (exact) mass is 527 g/mol. The first kappa shape index (κ1) is 27.4. The number of hydrogen-bond donors (Lipinski definition) is 2. The summed E-state index contributed by atoms with van der Waals surface area (Å²) in [6, 6.07) is 12.7. The number of carbonyl (C=O) groups excluding carboxylic acids is 1. The molecule has 2 aromatic carbocycles. The summed E-state index contributed by atoms with van der Waals surface area (Å²) in [5.41, 5.74) is 2.53. The van der Waals surface area contributed by atoms with Crippen LogP contribution in [0.3, 0.4) is 0 Å². The molecule has 0 atom stereocenters. The van der Waals surface area contributed by atoms with E-state index >= 15 is 0 Å². The SMILES string of the molecule is C=C(CN(C)C)C(=O)Nc1ccc(OC)c(Cc2ncc(Cl)c(Nc3ccccc3P(C)(C)=O)n2)c1. The van der Waals surface area contributed by atoms with Crippen molar-refractivity contribution in [3.05, 3.63) is 77.2 Å². The van der Waals surface area contributed by atoms with Crippen molar-refractivity contribution in [3.63, 3.8) is 0 Å². The van der Waals surface area contributed by atoms with Gasteiger partial charge in [0, 0.05) is 35.1 Å². The first-order valence-electron chi connectivity index (χ1n) is 11.2. The quantitative estimate of drug-likeness (QED) is 0.289. The lowest BCUT2D eigenvalue weighted by atomic mass is 10.1. The Hall–Kier alpha value is -3.19. The van der Waals surface area contributed by atoms with Gasteiger partial charge in [0.2, 0.25) is 0 Å². The first-order valence-corrected chi connectivity index (χ1v) is 14.2. The highest BCUT2D eigenvalue weighted by molar-refractivity contribution is 7.70. The second kappa shape index (κ2) is 11.7.